The van der Waals surface area contributed by atoms with Gasteiger partial charge in [0.05, 0.1) is 11.2 Å². The largest absolute Gasteiger partial charge is 0.455 e. The van der Waals surface area contributed by atoms with Crippen LogP contribution in [0.1, 0.15) is 28.8 Å². The lowest BCUT2D eigenvalue weighted by Crippen LogP contribution is -2.02. The Kier molecular flexibility index (Phi) is 6.98. The molecular weight excluding hydrogens is 623 g/mol. The number of aryl methyl sites for hydroxylation is 1. The van der Waals surface area contributed by atoms with Gasteiger partial charge in [0.15, 0.2) is 5.82 Å². The predicted octanol–water partition coefficient (Wildman–Crippen LogP) is 11.9. The molecule has 4 nitrogen and oxygen atoms in total. The average Bonchev–Trinajstić information content (AvgIpc) is 3.75. The molecule has 9 aromatic rings. The molecule has 0 saturated heterocycles. The summed E-state index contributed by atoms with van der Waals surface area (Å²) in [7, 11) is 0. The van der Waals surface area contributed by atoms with Gasteiger partial charge >= 0.3 is 0 Å². The van der Waals surface area contributed by atoms with Crippen LogP contribution in [0.5, 0.6) is 0 Å². The van der Waals surface area contributed by atoms with Gasteiger partial charge in [0.1, 0.15) is 11.2 Å². The average molecular weight is 656 g/mol. The first kappa shape index (κ1) is 29.4. The molecule has 0 amide bonds. The minimum absolute atomic E-state index is 0.725. The lowest BCUT2D eigenvalue weighted by Gasteiger charge is -2.14. The Morgan fingerprint density at radius 2 is 1.33 bits per heavy atom. The first-order valence-electron chi connectivity index (χ1n) is 17.6. The molecule has 3 aromatic heterocycles. The van der Waals surface area contributed by atoms with Crippen molar-refractivity contribution in [1.29, 1.82) is 0 Å². The number of fused-ring (bicyclic) bond motifs is 7. The minimum Gasteiger partial charge on any atom is -0.455 e. The van der Waals surface area contributed by atoms with Gasteiger partial charge in [-0.25, -0.2) is 9.97 Å². The van der Waals surface area contributed by atoms with Crippen molar-refractivity contribution in [3.05, 3.63) is 180 Å². The predicted molar refractivity (Wildman–Crippen MR) is 209 cm³/mol. The number of benzene rings is 6. The highest BCUT2D eigenvalue weighted by molar-refractivity contribution is 6.16. The highest BCUT2D eigenvalue weighted by Gasteiger charge is 2.23. The molecule has 6 aromatic carbocycles. The van der Waals surface area contributed by atoms with Gasteiger partial charge in [0.25, 0.3) is 0 Å². The topological polar surface area (TPSA) is 43.9 Å². The summed E-state index contributed by atoms with van der Waals surface area (Å²) in [5.41, 5.74) is 14.5. The van der Waals surface area contributed by atoms with Crippen LogP contribution in [0.3, 0.4) is 0 Å². The molecule has 51 heavy (non-hydrogen) atoms. The molecule has 3 heterocycles. The molecule has 1 aliphatic rings. The molecule has 0 spiro atoms. The Hall–Kier alpha value is -6.52. The summed E-state index contributed by atoms with van der Waals surface area (Å²) in [6, 6.07) is 51.2. The van der Waals surface area contributed by atoms with Crippen molar-refractivity contribution in [1.82, 2.24) is 14.5 Å². The van der Waals surface area contributed by atoms with Gasteiger partial charge in [0.2, 0.25) is 0 Å². The fraction of sp³-hybridized carbons (Fsp3) is 0.0638. The fourth-order valence-electron chi connectivity index (χ4n) is 7.72. The SMILES string of the molecule is C1=Cc2c(c3c4oc5ccccc5c4ccc3n2-c2ccc(-c3nc(-c4ccccc4)ncc3Cc3ccc(-c4ccccc4)cc3)cc2)CC1. The third-order valence-electron chi connectivity index (χ3n) is 10.2. The van der Waals surface area contributed by atoms with E-state index in [9.17, 15) is 0 Å². The Labute approximate surface area is 296 Å². The first-order valence-corrected chi connectivity index (χ1v) is 17.6. The van der Waals surface area contributed by atoms with Crippen molar-refractivity contribution >= 4 is 38.9 Å². The maximum absolute atomic E-state index is 6.54. The van der Waals surface area contributed by atoms with E-state index in [0.717, 1.165) is 69.7 Å². The summed E-state index contributed by atoms with van der Waals surface area (Å²) < 4.78 is 8.94. The number of aromatic nitrogens is 3. The Morgan fingerprint density at radius 1 is 0.627 bits per heavy atom. The van der Waals surface area contributed by atoms with Crippen LogP contribution in [0.2, 0.25) is 0 Å². The summed E-state index contributed by atoms with van der Waals surface area (Å²) in [5, 5.41) is 3.55. The van der Waals surface area contributed by atoms with Crippen LogP contribution < -0.4 is 0 Å². The number of allylic oxidation sites excluding steroid dienone is 1. The van der Waals surface area contributed by atoms with E-state index in [1.165, 1.54) is 44.2 Å². The molecule has 0 radical (unpaired) electrons. The molecule has 0 atom stereocenters. The van der Waals surface area contributed by atoms with E-state index in [0.29, 0.717) is 0 Å². The van der Waals surface area contributed by atoms with E-state index in [-0.39, 0.29) is 0 Å². The van der Waals surface area contributed by atoms with Crippen molar-refractivity contribution in [3.8, 4) is 39.5 Å². The van der Waals surface area contributed by atoms with Gasteiger partial charge < -0.3 is 8.98 Å². The van der Waals surface area contributed by atoms with E-state index >= 15 is 0 Å². The molecule has 10 rings (SSSR count). The zero-order valence-corrected chi connectivity index (χ0v) is 28.0. The minimum atomic E-state index is 0.725. The lowest BCUT2D eigenvalue weighted by molar-refractivity contribution is 0.672. The van der Waals surface area contributed by atoms with Gasteiger partial charge in [0, 0.05) is 56.8 Å². The number of hydrogen-bond donors (Lipinski definition) is 0. The number of hydrogen-bond acceptors (Lipinski definition) is 3. The molecular formula is C47H33N3O. The monoisotopic (exact) mass is 655 g/mol. The van der Waals surface area contributed by atoms with Gasteiger partial charge in [-0.05, 0) is 71.5 Å². The van der Waals surface area contributed by atoms with Crippen LogP contribution in [-0.4, -0.2) is 14.5 Å². The quantitative estimate of drug-likeness (QED) is 0.179. The van der Waals surface area contributed by atoms with Crippen LogP contribution in [0.25, 0.3) is 78.4 Å². The summed E-state index contributed by atoms with van der Waals surface area (Å²) in [5.74, 6) is 0.725. The van der Waals surface area contributed by atoms with Gasteiger partial charge in [-0.2, -0.15) is 0 Å². The van der Waals surface area contributed by atoms with Crippen LogP contribution in [-0.2, 0) is 12.8 Å². The smallest absolute Gasteiger partial charge is 0.159 e. The summed E-state index contributed by atoms with van der Waals surface area (Å²) in [6.45, 7) is 0. The van der Waals surface area contributed by atoms with Gasteiger partial charge in [-0.3, -0.25) is 0 Å². The zero-order valence-electron chi connectivity index (χ0n) is 28.0. The number of para-hydroxylation sites is 1. The second-order valence-corrected chi connectivity index (χ2v) is 13.3. The lowest BCUT2D eigenvalue weighted by atomic mass is 9.98. The molecule has 1 aliphatic carbocycles. The Morgan fingerprint density at radius 3 is 2.14 bits per heavy atom. The van der Waals surface area contributed by atoms with Crippen molar-refractivity contribution in [2.24, 2.45) is 0 Å². The third-order valence-corrected chi connectivity index (χ3v) is 10.2. The Balaban J connectivity index is 1.07. The molecule has 0 aliphatic heterocycles. The summed E-state index contributed by atoms with van der Waals surface area (Å²) in [6.07, 6.45) is 9.31. The number of rotatable bonds is 6. The molecule has 0 fully saturated rings. The maximum Gasteiger partial charge on any atom is 0.159 e. The zero-order chi connectivity index (χ0) is 33.7. The van der Waals surface area contributed by atoms with Crippen LogP contribution in [0.15, 0.2) is 162 Å². The van der Waals surface area contributed by atoms with Crippen molar-refractivity contribution < 1.29 is 4.42 Å². The second-order valence-electron chi connectivity index (χ2n) is 13.3. The molecule has 0 bridgehead atoms. The second kappa shape index (κ2) is 12.1. The highest BCUT2D eigenvalue weighted by Crippen LogP contribution is 2.41. The highest BCUT2D eigenvalue weighted by atomic mass is 16.3. The summed E-state index contributed by atoms with van der Waals surface area (Å²) >= 11 is 0. The first-order chi connectivity index (χ1) is 25.3. The van der Waals surface area contributed by atoms with E-state index in [1.807, 2.05) is 30.5 Å². The van der Waals surface area contributed by atoms with Crippen molar-refractivity contribution in [2.75, 3.05) is 0 Å². The van der Waals surface area contributed by atoms with Crippen LogP contribution >= 0.6 is 0 Å². The van der Waals surface area contributed by atoms with E-state index in [1.54, 1.807) is 0 Å². The van der Waals surface area contributed by atoms with E-state index < -0.39 is 0 Å². The van der Waals surface area contributed by atoms with E-state index in [2.05, 4.69) is 138 Å². The van der Waals surface area contributed by atoms with Gasteiger partial charge in [-0.15, -0.1) is 0 Å². The molecule has 0 saturated carbocycles. The molecule has 4 heteroatoms. The Bertz CT molecular complexity index is 2740. The van der Waals surface area contributed by atoms with E-state index in [4.69, 9.17) is 14.4 Å². The maximum atomic E-state index is 6.54. The standard InChI is InChI=1S/C47H33N3O/c1-3-11-32(12-4-1)33-21-19-31(20-22-33)29-36-30-48-47(35-13-5-2-6-14-35)49-45(36)34-23-25-37(26-24-34)50-41-17-9-7-16-40(41)44-42(50)28-27-39-38-15-8-10-18-43(38)51-46(39)44/h1-6,8-15,17-28,30H,7,16,29H2. The fourth-order valence-corrected chi connectivity index (χ4v) is 7.72. The van der Waals surface area contributed by atoms with Crippen LogP contribution in [0.4, 0.5) is 0 Å². The van der Waals surface area contributed by atoms with Gasteiger partial charge in [-0.1, -0.05) is 121 Å². The third kappa shape index (κ3) is 5.07. The van der Waals surface area contributed by atoms with Crippen molar-refractivity contribution in [3.63, 3.8) is 0 Å². The van der Waals surface area contributed by atoms with Crippen molar-refractivity contribution in [2.45, 2.75) is 19.3 Å². The number of furan rings is 1. The number of nitrogens with zero attached hydrogens (tertiary/aromatic N) is 3. The molecule has 0 N–H and O–H groups in total. The molecule has 242 valence electrons. The molecule has 0 unspecified atom stereocenters. The van der Waals surface area contributed by atoms with Crippen LogP contribution in [0, 0.1) is 0 Å². The summed E-state index contributed by atoms with van der Waals surface area (Å²) in [4.78, 5) is 10.0. The normalized spacial score (nSPS) is 12.5.